The minimum Gasteiger partial charge on any atom is -0.480 e. The number of rotatable bonds is 3. The monoisotopic (exact) mass is 195 g/mol. The largest absolute Gasteiger partial charge is 0.480 e. The smallest absolute Gasteiger partial charge is 0.323 e. The second kappa shape index (κ2) is 4.21. The highest BCUT2D eigenvalue weighted by Gasteiger charge is 2.22. The molecule has 0 aliphatic heterocycles. The molecule has 1 aromatic rings. The first-order valence-corrected chi connectivity index (χ1v) is 4.25. The van der Waals surface area contributed by atoms with Crippen molar-refractivity contribution in [1.82, 2.24) is 0 Å². The Morgan fingerprint density at radius 2 is 1.86 bits per heavy atom. The zero-order valence-electron chi connectivity index (χ0n) is 7.84. The highest BCUT2D eigenvalue weighted by Crippen LogP contribution is 2.16. The summed E-state index contributed by atoms with van der Waals surface area (Å²) in [7, 11) is 0. The van der Waals surface area contributed by atoms with E-state index in [9.17, 15) is 9.90 Å². The van der Waals surface area contributed by atoms with Crippen molar-refractivity contribution in [3.05, 3.63) is 35.4 Å². The minimum atomic E-state index is -1.28. The number of hydrogen-bond acceptors (Lipinski definition) is 3. The van der Waals surface area contributed by atoms with E-state index in [4.69, 9.17) is 10.8 Å². The molecule has 0 fully saturated rings. The molecule has 0 aliphatic rings. The van der Waals surface area contributed by atoms with Crippen molar-refractivity contribution < 1.29 is 15.0 Å². The van der Waals surface area contributed by atoms with Crippen LogP contribution in [0.3, 0.4) is 0 Å². The second-order valence-electron chi connectivity index (χ2n) is 3.22. The average molecular weight is 195 g/mol. The third kappa shape index (κ3) is 2.31. The van der Waals surface area contributed by atoms with E-state index in [1.807, 2.05) is 6.92 Å². The number of hydrogen-bond donors (Lipinski definition) is 3. The molecule has 14 heavy (non-hydrogen) atoms. The number of nitrogens with two attached hydrogens (primary N) is 1. The zero-order valence-corrected chi connectivity index (χ0v) is 7.84. The first-order valence-electron chi connectivity index (χ1n) is 4.25. The Bertz CT molecular complexity index is 321. The summed E-state index contributed by atoms with van der Waals surface area (Å²) in [5.74, 6) is -1.21. The van der Waals surface area contributed by atoms with E-state index < -0.39 is 18.1 Å². The van der Waals surface area contributed by atoms with Gasteiger partial charge in [0.05, 0.1) is 0 Å². The molecule has 0 spiro atoms. The van der Waals surface area contributed by atoms with Crippen molar-refractivity contribution in [2.45, 2.75) is 19.1 Å². The third-order valence-corrected chi connectivity index (χ3v) is 2.04. The lowest BCUT2D eigenvalue weighted by Gasteiger charge is -2.15. The Morgan fingerprint density at radius 3 is 2.29 bits per heavy atom. The number of carbonyl (C=O) groups is 1. The second-order valence-corrected chi connectivity index (χ2v) is 3.22. The molecule has 0 unspecified atom stereocenters. The average Bonchev–Trinajstić information content (AvgIpc) is 2.16. The first-order chi connectivity index (χ1) is 6.52. The van der Waals surface area contributed by atoms with E-state index in [1.54, 1.807) is 24.3 Å². The number of carboxylic acids is 1. The number of aryl methyl sites for hydroxylation is 1. The lowest BCUT2D eigenvalue weighted by atomic mass is 10.0. The van der Waals surface area contributed by atoms with Crippen LogP contribution >= 0.6 is 0 Å². The van der Waals surface area contributed by atoms with Gasteiger partial charge in [0.15, 0.2) is 0 Å². The minimum absolute atomic E-state index is 0.519. The molecule has 4 N–H and O–H groups in total. The van der Waals surface area contributed by atoms with Gasteiger partial charge in [-0.25, -0.2) is 0 Å². The van der Waals surface area contributed by atoms with Crippen LogP contribution in [0.25, 0.3) is 0 Å². The predicted molar refractivity (Wildman–Crippen MR) is 51.8 cm³/mol. The van der Waals surface area contributed by atoms with Crippen LogP contribution in [0.15, 0.2) is 24.3 Å². The van der Waals surface area contributed by atoms with Crippen molar-refractivity contribution in [3.8, 4) is 0 Å². The molecule has 0 saturated carbocycles. The molecule has 0 heterocycles. The molecule has 0 aromatic heterocycles. The maximum absolute atomic E-state index is 10.5. The summed E-state index contributed by atoms with van der Waals surface area (Å²) in [6, 6.07) is 5.66. The quantitative estimate of drug-likeness (QED) is 0.653. The zero-order chi connectivity index (χ0) is 10.7. The predicted octanol–water partition coefficient (Wildman–Crippen LogP) is 0.440. The van der Waals surface area contributed by atoms with Crippen LogP contribution in [-0.2, 0) is 4.79 Å². The Kier molecular flexibility index (Phi) is 3.22. The van der Waals surface area contributed by atoms with E-state index >= 15 is 0 Å². The lowest BCUT2D eigenvalue weighted by molar-refractivity contribution is -0.141. The number of benzene rings is 1. The van der Waals surface area contributed by atoms with Crippen molar-refractivity contribution in [2.75, 3.05) is 0 Å². The van der Waals surface area contributed by atoms with Gasteiger partial charge in [0, 0.05) is 0 Å². The van der Waals surface area contributed by atoms with E-state index in [2.05, 4.69) is 0 Å². The van der Waals surface area contributed by atoms with E-state index in [0.29, 0.717) is 5.56 Å². The van der Waals surface area contributed by atoms with Crippen molar-refractivity contribution >= 4 is 5.97 Å². The van der Waals surface area contributed by atoms with Gasteiger partial charge in [0.1, 0.15) is 12.1 Å². The van der Waals surface area contributed by atoms with Gasteiger partial charge in [-0.1, -0.05) is 29.8 Å². The summed E-state index contributed by atoms with van der Waals surface area (Å²) >= 11 is 0. The molecule has 4 heteroatoms. The highest BCUT2D eigenvalue weighted by molar-refractivity contribution is 5.74. The summed E-state index contributed by atoms with van der Waals surface area (Å²) in [4.78, 5) is 10.5. The molecule has 1 aromatic carbocycles. The summed E-state index contributed by atoms with van der Waals surface area (Å²) in [5, 5.41) is 18.1. The number of aliphatic hydroxyl groups excluding tert-OH is 1. The Morgan fingerprint density at radius 1 is 1.36 bits per heavy atom. The Balaban J connectivity index is 2.84. The molecule has 0 bridgehead atoms. The fraction of sp³-hybridized carbons (Fsp3) is 0.300. The molecule has 0 amide bonds. The van der Waals surface area contributed by atoms with E-state index in [0.717, 1.165) is 5.56 Å². The molecule has 0 radical (unpaired) electrons. The van der Waals surface area contributed by atoms with Crippen molar-refractivity contribution in [3.63, 3.8) is 0 Å². The van der Waals surface area contributed by atoms with Crippen molar-refractivity contribution in [1.29, 1.82) is 0 Å². The van der Waals surface area contributed by atoms with Gasteiger partial charge in [0.2, 0.25) is 0 Å². The Hall–Kier alpha value is -1.39. The molecular weight excluding hydrogens is 182 g/mol. The maximum Gasteiger partial charge on any atom is 0.323 e. The third-order valence-electron chi connectivity index (χ3n) is 2.04. The SMILES string of the molecule is Cc1ccc([C@H](O)[C@@H](N)C(=O)O)cc1. The standard InChI is InChI=1S/C10H13NO3/c1-6-2-4-7(5-3-6)9(12)8(11)10(13)14/h2-5,8-9,12H,11H2,1H3,(H,13,14)/t8-,9+/m1/s1. The lowest BCUT2D eigenvalue weighted by Crippen LogP contribution is -2.36. The van der Waals surface area contributed by atoms with Crippen LogP contribution in [0, 0.1) is 6.92 Å². The number of aliphatic hydroxyl groups is 1. The normalized spacial score (nSPS) is 14.8. The van der Waals surface area contributed by atoms with E-state index in [-0.39, 0.29) is 0 Å². The van der Waals surface area contributed by atoms with Gasteiger partial charge >= 0.3 is 5.97 Å². The molecule has 0 aliphatic carbocycles. The van der Waals surface area contributed by atoms with Crippen LogP contribution in [0.4, 0.5) is 0 Å². The molecule has 1 rings (SSSR count). The first kappa shape index (κ1) is 10.7. The fourth-order valence-electron chi connectivity index (χ4n) is 1.11. The molecule has 0 saturated heterocycles. The van der Waals surface area contributed by atoms with Crippen LogP contribution in [-0.4, -0.2) is 22.2 Å². The van der Waals surface area contributed by atoms with Crippen LogP contribution in [0.2, 0.25) is 0 Å². The van der Waals surface area contributed by atoms with Gasteiger partial charge < -0.3 is 15.9 Å². The highest BCUT2D eigenvalue weighted by atomic mass is 16.4. The number of carboxylic acid groups (broad SMARTS) is 1. The fourth-order valence-corrected chi connectivity index (χ4v) is 1.11. The van der Waals surface area contributed by atoms with Crippen LogP contribution in [0.1, 0.15) is 17.2 Å². The van der Waals surface area contributed by atoms with Gasteiger partial charge in [-0.2, -0.15) is 0 Å². The Labute approximate surface area is 82.0 Å². The summed E-state index contributed by atoms with van der Waals surface area (Å²) in [5.41, 5.74) is 6.85. The van der Waals surface area contributed by atoms with Gasteiger partial charge in [0.25, 0.3) is 0 Å². The summed E-state index contributed by atoms with van der Waals surface area (Å²) in [6.07, 6.45) is -1.16. The topological polar surface area (TPSA) is 83.5 Å². The molecular formula is C10H13NO3. The van der Waals surface area contributed by atoms with E-state index in [1.165, 1.54) is 0 Å². The summed E-state index contributed by atoms with van der Waals surface area (Å²) < 4.78 is 0. The molecule has 2 atom stereocenters. The van der Waals surface area contributed by atoms with Crippen molar-refractivity contribution in [2.24, 2.45) is 5.73 Å². The maximum atomic E-state index is 10.5. The summed E-state index contributed by atoms with van der Waals surface area (Å²) in [6.45, 7) is 1.91. The van der Waals surface area contributed by atoms with Gasteiger partial charge in [-0.3, -0.25) is 4.79 Å². The molecule has 76 valence electrons. The number of aliphatic carboxylic acids is 1. The van der Waals surface area contributed by atoms with Crippen LogP contribution < -0.4 is 5.73 Å². The van der Waals surface area contributed by atoms with Crippen LogP contribution in [0.5, 0.6) is 0 Å². The van der Waals surface area contributed by atoms with Gasteiger partial charge in [-0.15, -0.1) is 0 Å². The molecule has 4 nitrogen and oxygen atoms in total. The van der Waals surface area contributed by atoms with Gasteiger partial charge in [-0.05, 0) is 12.5 Å².